The smallest absolute Gasteiger partial charge is 0.266 e. The van der Waals surface area contributed by atoms with Crippen LogP contribution in [0.2, 0.25) is 0 Å². The monoisotopic (exact) mass is 529 g/mol. The van der Waals surface area contributed by atoms with E-state index in [2.05, 4.69) is 0 Å². The number of thiocarbonyl (C=S) groups is 1. The van der Waals surface area contributed by atoms with Crippen LogP contribution in [0.4, 0.5) is 0 Å². The summed E-state index contributed by atoms with van der Waals surface area (Å²) in [6, 6.07) is 17.2. The summed E-state index contributed by atoms with van der Waals surface area (Å²) in [6.07, 6.45) is 4.45. The number of aromatic nitrogens is 2. The summed E-state index contributed by atoms with van der Waals surface area (Å²) in [7, 11) is -4.22. The van der Waals surface area contributed by atoms with Crippen molar-refractivity contribution < 1.29 is 22.5 Å². The molecule has 1 aromatic heterocycles. The fourth-order valence-corrected chi connectivity index (χ4v) is 5.11. The summed E-state index contributed by atoms with van der Waals surface area (Å²) in [4.78, 5) is 14.5. The highest BCUT2D eigenvalue weighted by Gasteiger charge is 2.33. The lowest BCUT2D eigenvalue weighted by atomic mass is 10.1. The molecule has 1 saturated heterocycles. The van der Waals surface area contributed by atoms with Crippen molar-refractivity contribution in [3.63, 3.8) is 0 Å². The fourth-order valence-electron chi connectivity index (χ4n) is 3.40. The Labute approximate surface area is 213 Å². The standard InChI is InChI=1S/C24H23N3O5S3/c1-2-13-32-20-10-8-17(9-11-20)22-18(16-27(25-22)19-6-4-3-5-7-19)15-21-23(28)26(24(33)34-21)12-14-35(29,30)31/h3-11,15-16H,2,12-14H2,1H3,(H,29,30,31). The third-order valence-corrected chi connectivity index (χ3v) is 7.17. The maximum atomic E-state index is 12.9. The average molecular weight is 530 g/mol. The van der Waals surface area contributed by atoms with Crippen molar-refractivity contribution in [3.8, 4) is 22.7 Å². The van der Waals surface area contributed by atoms with Crippen molar-refractivity contribution in [2.45, 2.75) is 13.3 Å². The van der Waals surface area contributed by atoms with Crippen LogP contribution < -0.4 is 4.74 Å². The molecule has 182 valence electrons. The number of para-hydroxylation sites is 1. The van der Waals surface area contributed by atoms with E-state index in [-0.39, 0.29) is 10.9 Å². The van der Waals surface area contributed by atoms with E-state index in [0.29, 0.717) is 22.8 Å². The number of hydrogen-bond acceptors (Lipinski definition) is 7. The van der Waals surface area contributed by atoms with Crippen LogP contribution in [0.3, 0.4) is 0 Å². The van der Waals surface area contributed by atoms with E-state index in [1.54, 1.807) is 10.8 Å². The zero-order valence-electron chi connectivity index (χ0n) is 18.8. The summed E-state index contributed by atoms with van der Waals surface area (Å²) in [6.45, 7) is 2.46. The van der Waals surface area contributed by atoms with Gasteiger partial charge in [0.05, 0.1) is 28.6 Å². The lowest BCUT2D eigenvalue weighted by Crippen LogP contribution is -2.32. The maximum Gasteiger partial charge on any atom is 0.266 e. The van der Waals surface area contributed by atoms with Gasteiger partial charge < -0.3 is 4.74 Å². The van der Waals surface area contributed by atoms with Gasteiger partial charge in [-0.2, -0.15) is 13.5 Å². The minimum atomic E-state index is -4.22. The zero-order chi connectivity index (χ0) is 25.0. The van der Waals surface area contributed by atoms with Gasteiger partial charge in [-0.15, -0.1) is 0 Å². The van der Waals surface area contributed by atoms with Crippen molar-refractivity contribution in [1.82, 2.24) is 14.7 Å². The van der Waals surface area contributed by atoms with Crippen molar-refractivity contribution in [1.29, 1.82) is 0 Å². The van der Waals surface area contributed by atoms with Crippen LogP contribution in [0.15, 0.2) is 65.7 Å². The van der Waals surface area contributed by atoms with E-state index in [1.807, 2.05) is 67.7 Å². The third kappa shape index (κ3) is 6.17. The number of benzene rings is 2. The van der Waals surface area contributed by atoms with Crippen molar-refractivity contribution in [3.05, 3.63) is 71.3 Å². The van der Waals surface area contributed by atoms with E-state index < -0.39 is 21.8 Å². The lowest BCUT2D eigenvalue weighted by molar-refractivity contribution is -0.121. The molecule has 0 aliphatic carbocycles. The number of amides is 1. The number of thioether (sulfide) groups is 1. The van der Waals surface area contributed by atoms with Crippen LogP contribution in [-0.2, 0) is 14.9 Å². The predicted octanol–water partition coefficient (Wildman–Crippen LogP) is 4.42. The van der Waals surface area contributed by atoms with Gasteiger partial charge in [0.2, 0.25) is 0 Å². The minimum Gasteiger partial charge on any atom is -0.494 e. The van der Waals surface area contributed by atoms with Gasteiger partial charge in [0.15, 0.2) is 0 Å². The highest BCUT2D eigenvalue weighted by atomic mass is 32.2. The molecule has 2 heterocycles. The molecule has 2 aromatic carbocycles. The molecule has 1 fully saturated rings. The Kier molecular flexibility index (Phi) is 7.70. The van der Waals surface area contributed by atoms with Gasteiger partial charge in [0.1, 0.15) is 10.1 Å². The molecule has 0 radical (unpaired) electrons. The van der Waals surface area contributed by atoms with Crippen molar-refractivity contribution in [2.75, 3.05) is 18.9 Å². The van der Waals surface area contributed by atoms with Crippen LogP contribution in [0.1, 0.15) is 18.9 Å². The van der Waals surface area contributed by atoms with E-state index in [0.717, 1.165) is 35.2 Å². The second kappa shape index (κ2) is 10.7. The predicted molar refractivity (Wildman–Crippen MR) is 141 cm³/mol. The van der Waals surface area contributed by atoms with Gasteiger partial charge >= 0.3 is 0 Å². The van der Waals surface area contributed by atoms with Gasteiger partial charge in [0, 0.05) is 23.9 Å². The number of ether oxygens (including phenoxy) is 1. The third-order valence-electron chi connectivity index (χ3n) is 5.10. The normalized spacial score (nSPS) is 15.3. The molecule has 1 aliphatic heterocycles. The molecular formula is C24H23N3O5S3. The molecule has 3 aromatic rings. The topological polar surface area (TPSA) is 102 Å². The molecule has 1 N–H and O–H groups in total. The first-order valence-corrected chi connectivity index (χ1v) is 13.7. The molecule has 1 amide bonds. The van der Waals surface area contributed by atoms with E-state index in [1.165, 1.54) is 4.90 Å². The SMILES string of the molecule is CCCOc1ccc(-c2nn(-c3ccccc3)cc2C=C2SC(=S)N(CCS(=O)(=O)O)C2=O)cc1. The Morgan fingerprint density at radius 2 is 1.86 bits per heavy atom. The summed E-state index contributed by atoms with van der Waals surface area (Å²) in [5.74, 6) is -0.235. The van der Waals surface area contributed by atoms with Crippen molar-refractivity contribution >= 4 is 50.4 Å². The number of carbonyl (C=O) groups excluding carboxylic acids is 1. The largest absolute Gasteiger partial charge is 0.494 e. The first kappa shape index (κ1) is 25.1. The number of nitrogens with zero attached hydrogens (tertiary/aromatic N) is 3. The maximum absolute atomic E-state index is 12.9. The van der Waals surface area contributed by atoms with Crippen LogP contribution in [0, 0.1) is 0 Å². The highest BCUT2D eigenvalue weighted by molar-refractivity contribution is 8.26. The van der Waals surface area contributed by atoms with E-state index in [4.69, 9.17) is 26.6 Å². The lowest BCUT2D eigenvalue weighted by Gasteiger charge is -2.12. The Bertz CT molecular complexity index is 1370. The Morgan fingerprint density at radius 3 is 2.51 bits per heavy atom. The summed E-state index contributed by atoms with van der Waals surface area (Å²) in [5, 5.41) is 4.77. The molecule has 0 unspecified atom stereocenters. The van der Waals surface area contributed by atoms with Crippen molar-refractivity contribution in [2.24, 2.45) is 0 Å². The van der Waals surface area contributed by atoms with E-state index >= 15 is 0 Å². The fraction of sp³-hybridized carbons (Fsp3) is 0.208. The minimum absolute atomic E-state index is 0.212. The number of hydrogen-bond donors (Lipinski definition) is 1. The Balaban J connectivity index is 1.69. The Morgan fingerprint density at radius 1 is 1.14 bits per heavy atom. The molecular weight excluding hydrogens is 506 g/mol. The Hall–Kier alpha value is -2.99. The molecule has 8 nitrogen and oxygen atoms in total. The van der Waals surface area contributed by atoms with Gasteiger partial charge in [-0.25, -0.2) is 4.68 Å². The number of carbonyl (C=O) groups is 1. The summed E-state index contributed by atoms with van der Waals surface area (Å²) < 4.78 is 38.9. The molecule has 35 heavy (non-hydrogen) atoms. The quantitative estimate of drug-likeness (QED) is 0.247. The molecule has 0 saturated carbocycles. The average Bonchev–Trinajstić information content (AvgIpc) is 3.37. The van der Waals surface area contributed by atoms with Crippen LogP contribution in [0.5, 0.6) is 5.75 Å². The van der Waals surface area contributed by atoms with E-state index in [9.17, 15) is 13.2 Å². The molecule has 0 spiro atoms. The second-order valence-electron chi connectivity index (χ2n) is 7.71. The summed E-state index contributed by atoms with van der Waals surface area (Å²) in [5.41, 5.74) is 3.07. The first-order valence-electron chi connectivity index (χ1n) is 10.8. The van der Waals surface area contributed by atoms with Gasteiger partial charge in [-0.3, -0.25) is 14.2 Å². The zero-order valence-corrected chi connectivity index (χ0v) is 21.3. The second-order valence-corrected chi connectivity index (χ2v) is 11.0. The molecule has 0 bridgehead atoms. The number of rotatable bonds is 9. The van der Waals surface area contributed by atoms with Crippen LogP contribution in [0.25, 0.3) is 23.0 Å². The molecule has 0 atom stereocenters. The highest BCUT2D eigenvalue weighted by Crippen LogP contribution is 2.35. The van der Waals surface area contributed by atoms with Crippen LogP contribution in [-0.4, -0.2) is 56.8 Å². The molecule has 4 rings (SSSR count). The first-order chi connectivity index (χ1) is 16.7. The summed E-state index contributed by atoms with van der Waals surface area (Å²) >= 11 is 6.36. The van der Waals surface area contributed by atoms with Crippen LogP contribution >= 0.6 is 24.0 Å². The van der Waals surface area contributed by atoms with Gasteiger partial charge in [-0.05, 0) is 48.9 Å². The van der Waals surface area contributed by atoms with Gasteiger partial charge in [0.25, 0.3) is 16.0 Å². The van der Waals surface area contributed by atoms with Gasteiger partial charge in [-0.1, -0.05) is 49.1 Å². The molecule has 11 heteroatoms. The molecule has 1 aliphatic rings.